The highest BCUT2D eigenvalue weighted by atomic mass is 16.3. The first-order chi connectivity index (χ1) is 7.63. The van der Waals surface area contributed by atoms with Crippen molar-refractivity contribution in [2.45, 2.75) is 0 Å². The molecule has 6 N–H and O–H groups in total. The Morgan fingerprint density at radius 2 is 1.94 bits per heavy atom. The lowest BCUT2D eigenvalue weighted by Gasteiger charge is -2.06. The van der Waals surface area contributed by atoms with Gasteiger partial charge in [-0.15, -0.1) is 0 Å². The molecule has 0 aliphatic carbocycles. The summed E-state index contributed by atoms with van der Waals surface area (Å²) in [7, 11) is 0. The van der Waals surface area contributed by atoms with Gasteiger partial charge in [-0.05, 0) is 18.2 Å². The van der Waals surface area contributed by atoms with E-state index in [0.717, 1.165) is 5.69 Å². The minimum atomic E-state index is -0.182. The van der Waals surface area contributed by atoms with Crippen LogP contribution in [-0.4, -0.2) is 15.1 Å². The van der Waals surface area contributed by atoms with E-state index in [1.165, 1.54) is 6.07 Å². The second-order valence-electron chi connectivity index (χ2n) is 3.23. The molecule has 0 atom stereocenters. The van der Waals surface area contributed by atoms with E-state index < -0.39 is 0 Å². The van der Waals surface area contributed by atoms with Crippen molar-refractivity contribution in [2.24, 2.45) is 0 Å². The van der Waals surface area contributed by atoms with Gasteiger partial charge in [0.25, 0.3) is 0 Å². The highest BCUT2D eigenvalue weighted by Crippen LogP contribution is 2.18. The molecule has 2 aromatic rings. The lowest BCUT2D eigenvalue weighted by molar-refractivity contribution is 0.453. The molecule has 0 aliphatic rings. The molecular formula is C10H11N5O. The van der Waals surface area contributed by atoms with Gasteiger partial charge in [-0.2, -0.15) is 9.97 Å². The van der Waals surface area contributed by atoms with Crippen molar-refractivity contribution in [3.05, 3.63) is 30.3 Å². The van der Waals surface area contributed by atoms with Crippen LogP contribution >= 0.6 is 0 Å². The van der Waals surface area contributed by atoms with Crippen LogP contribution < -0.4 is 16.8 Å². The molecule has 1 aromatic heterocycles. The fourth-order valence-electron chi connectivity index (χ4n) is 1.25. The zero-order valence-corrected chi connectivity index (χ0v) is 8.38. The molecular weight excluding hydrogens is 206 g/mol. The van der Waals surface area contributed by atoms with Crippen LogP contribution in [0.1, 0.15) is 0 Å². The van der Waals surface area contributed by atoms with Gasteiger partial charge in [-0.3, -0.25) is 0 Å². The molecule has 0 aliphatic heterocycles. The lowest BCUT2D eigenvalue weighted by Crippen LogP contribution is -2.00. The summed E-state index contributed by atoms with van der Waals surface area (Å²) in [5, 5.41) is 12.1. The Balaban J connectivity index is 2.27. The summed E-state index contributed by atoms with van der Waals surface area (Å²) >= 11 is 0. The first-order valence-electron chi connectivity index (χ1n) is 4.59. The number of hydrogen-bond donors (Lipinski definition) is 4. The summed E-state index contributed by atoms with van der Waals surface area (Å²) in [4.78, 5) is 7.69. The Morgan fingerprint density at radius 3 is 2.62 bits per heavy atom. The maximum absolute atomic E-state index is 9.23. The predicted molar refractivity (Wildman–Crippen MR) is 62.2 cm³/mol. The zero-order valence-electron chi connectivity index (χ0n) is 8.38. The Hall–Kier alpha value is -2.50. The number of hydrogen-bond acceptors (Lipinski definition) is 6. The summed E-state index contributed by atoms with van der Waals surface area (Å²) in [6.07, 6.45) is 0. The van der Waals surface area contributed by atoms with Crippen LogP contribution in [0.3, 0.4) is 0 Å². The van der Waals surface area contributed by atoms with E-state index in [0.29, 0.717) is 5.69 Å². The van der Waals surface area contributed by atoms with Gasteiger partial charge in [0.05, 0.1) is 0 Å². The van der Waals surface area contributed by atoms with Crippen molar-refractivity contribution in [1.82, 2.24) is 9.97 Å². The number of nitrogen functional groups attached to an aromatic ring is 2. The third-order valence-corrected chi connectivity index (χ3v) is 1.88. The molecule has 6 nitrogen and oxygen atoms in total. The topological polar surface area (TPSA) is 110 Å². The Kier molecular flexibility index (Phi) is 2.47. The van der Waals surface area contributed by atoms with Crippen molar-refractivity contribution < 1.29 is 5.11 Å². The van der Waals surface area contributed by atoms with E-state index in [2.05, 4.69) is 15.3 Å². The number of aromatic nitrogens is 2. The van der Waals surface area contributed by atoms with Gasteiger partial charge in [0, 0.05) is 17.4 Å². The van der Waals surface area contributed by atoms with Crippen LogP contribution in [0.15, 0.2) is 30.3 Å². The minimum absolute atomic E-state index is 0.182. The van der Waals surface area contributed by atoms with E-state index in [-0.39, 0.29) is 17.6 Å². The van der Waals surface area contributed by atoms with Gasteiger partial charge in [-0.25, -0.2) is 0 Å². The van der Waals surface area contributed by atoms with Crippen LogP contribution in [0.25, 0.3) is 0 Å². The first kappa shape index (κ1) is 10.0. The molecule has 0 fully saturated rings. The molecule has 0 radical (unpaired) electrons. The Morgan fingerprint density at radius 1 is 1.12 bits per heavy atom. The van der Waals surface area contributed by atoms with E-state index in [4.69, 9.17) is 11.5 Å². The fourth-order valence-corrected chi connectivity index (χ4v) is 1.25. The highest BCUT2D eigenvalue weighted by molar-refractivity contribution is 5.60. The van der Waals surface area contributed by atoms with Crippen molar-refractivity contribution in [2.75, 3.05) is 16.8 Å². The quantitative estimate of drug-likeness (QED) is 0.560. The average Bonchev–Trinajstić information content (AvgIpc) is 2.15. The molecule has 0 spiro atoms. The van der Waals surface area contributed by atoms with Gasteiger partial charge in [-0.1, -0.05) is 6.07 Å². The fraction of sp³-hybridized carbons (Fsp3) is 0. The van der Waals surface area contributed by atoms with Gasteiger partial charge < -0.3 is 21.9 Å². The molecule has 82 valence electrons. The van der Waals surface area contributed by atoms with Crippen LogP contribution in [0.4, 0.5) is 23.1 Å². The number of rotatable bonds is 2. The van der Waals surface area contributed by atoms with Crippen molar-refractivity contribution in [1.29, 1.82) is 0 Å². The van der Waals surface area contributed by atoms with Gasteiger partial charge >= 0.3 is 0 Å². The maximum Gasteiger partial charge on any atom is 0.232 e. The standard InChI is InChI=1S/C10H11N5O/c11-6-2-1-3-7(4-6)13-10-14-8(12)5-9(16)15-10/h1-5H,11H2,(H4,12,13,14,15,16). The average molecular weight is 217 g/mol. The molecule has 0 saturated heterocycles. The van der Waals surface area contributed by atoms with Gasteiger partial charge in [0.2, 0.25) is 11.8 Å². The molecule has 16 heavy (non-hydrogen) atoms. The van der Waals surface area contributed by atoms with E-state index in [1.807, 2.05) is 0 Å². The van der Waals surface area contributed by atoms with Crippen LogP contribution in [-0.2, 0) is 0 Å². The third-order valence-electron chi connectivity index (χ3n) is 1.88. The highest BCUT2D eigenvalue weighted by Gasteiger charge is 2.01. The molecule has 0 saturated carbocycles. The van der Waals surface area contributed by atoms with Crippen LogP contribution in [0.2, 0.25) is 0 Å². The van der Waals surface area contributed by atoms with Crippen molar-refractivity contribution in [3.8, 4) is 5.88 Å². The molecule has 0 amide bonds. The van der Waals surface area contributed by atoms with Gasteiger partial charge in [0.1, 0.15) is 5.82 Å². The lowest BCUT2D eigenvalue weighted by atomic mass is 10.3. The zero-order chi connectivity index (χ0) is 11.5. The van der Waals surface area contributed by atoms with E-state index >= 15 is 0 Å². The molecule has 1 aromatic carbocycles. The number of nitrogens with zero attached hydrogens (tertiary/aromatic N) is 2. The number of anilines is 4. The number of benzene rings is 1. The minimum Gasteiger partial charge on any atom is -0.493 e. The SMILES string of the molecule is Nc1cccc(Nc2nc(N)cc(O)n2)c1. The molecule has 1 heterocycles. The summed E-state index contributed by atoms with van der Waals surface area (Å²) < 4.78 is 0. The smallest absolute Gasteiger partial charge is 0.232 e. The molecule has 0 bridgehead atoms. The third kappa shape index (κ3) is 2.30. The van der Waals surface area contributed by atoms with Crippen LogP contribution in [0.5, 0.6) is 5.88 Å². The van der Waals surface area contributed by atoms with E-state index in [1.54, 1.807) is 24.3 Å². The van der Waals surface area contributed by atoms with Crippen LogP contribution in [0, 0.1) is 0 Å². The van der Waals surface area contributed by atoms with Crippen molar-refractivity contribution >= 4 is 23.1 Å². The van der Waals surface area contributed by atoms with E-state index in [9.17, 15) is 5.11 Å². The predicted octanol–water partition coefficient (Wildman–Crippen LogP) is 1.09. The molecule has 6 heteroatoms. The van der Waals surface area contributed by atoms with Crippen molar-refractivity contribution in [3.63, 3.8) is 0 Å². The maximum atomic E-state index is 9.23. The molecule has 0 unspecified atom stereocenters. The Bertz CT molecular complexity index is 494. The summed E-state index contributed by atoms with van der Waals surface area (Å²) in [5.41, 5.74) is 12.4. The second-order valence-corrected chi connectivity index (χ2v) is 3.23. The monoisotopic (exact) mass is 217 g/mol. The number of aromatic hydroxyl groups is 1. The normalized spacial score (nSPS) is 10.0. The number of nitrogens with one attached hydrogen (secondary N) is 1. The summed E-state index contributed by atoms with van der Waals surface area (Å²) in [5.74, 6) is 0.237. The largest absolute Gasteiger partial charge is 0.493 e. The summed E-state index contributed by atoms with van der Waals surface area (Å²) in [6, 6.07) is 8.36. The first-order valence-corrected chi connectivity index (χ1v) is 4.59. The van der Waals surface area contributed by atoms with Gasteiger partial charge in [0.15, 0.2) is 0 Å². The second kappa shape index (κ2) is 3.93. The number of nitrogens with two attached hydrogens (primary N) is 2. The summed E-state index contributed by atoms with van der Waals surface area (Å²) in [6.45, 7) is 0. The molecule has 2 rings (SSSR count). The Labute approximate surface area is 92.0 Å².